The molecule has 1 heterocycles. The fraction of sp³-hybridized carbons (Fsp3) is 0.476. The largest absolute Gasteiger partial charge is 0.344 e. The molecule has 6 nitrogen and oxygen atoms in total. The predicted molar refractivity (Wildman–Crippen MR) is 106 cm³/mol. The molecule has 0 aliphatic heterocycles. The number of hydrogen-bond donors (Lipinski definition) is 2. The molecule has 1 aromatic heterocycles. The summed E-state index contributed by atoms with van der Waals surface area (Å²) in [6, 6.07) is 9.24. The zero-order chi connectivity index (χ0) is 19.8. The van der Waals surface area contributed by atoms with E-state index in [1.54, 1.807) is 0 Å². The lowest BCUT2D eigenvalue weighted by molar-refractivity contribution is -0.117. The van der Waals surface area contributed by atoms with Crippen molar-refractivity contribution >= 4 is 17.5 Å². The molecule has 2 amide bonds. The molecule has 2 aromatic rings. The molecule has 27 heavy (non-hydrogen) atoms. The Bertz CT molecular complexity index is 842. The first-order valence-electron chi connectivity index (χ1n) is 9.44. The highest BCUT2D eigenvalue weighted by Crippen LogP contribution is 2.30. The molecule has 1 saturated carbocycles. The predicted octanol–water partition coefficient (Wildman–Crippen LogP) is 3.79. The van der Waals surface area contributed by atoms with Crippen molar-refractivity contribution in [2.24, 2.45) is 5.92 Å². The highest BCUT2D eigenvalue weighted by molar-refractivity contribution is 5.94. The minimum atomic E-state index is -0.195. The van der Waals surface area contributed by atoms with Gasteiger partial charge in [-0.3, -0.25) is 14.3 Å². The summed E-state index contributed by atoms with van der Waals surface area (Å²) in [4.78, 5) is 24.4. The lowest BCUT2D eigenvalue weighted by Crippen LogP contribution is -2.28. The maximum atomic E-state index is 12.6. The van der Waals surface area contributed by atoms with Crippen molar-refractivity contribution in [1.82, 2.24) is 15.1 Å². The SMILES string of the molecule is Cc1cc(C(=O)NC(C)c2ccc(NC(=O)C3CC3)cc2)nn1C(C)(C)C. The Balaban J connectivity index is 1.63. The molecule has 0 bridgehead atoms. The number of amides is 2. The summed E-state index contributed by atoms with van der Waals surface area (Å²) in [7, 11) is 0. The minimum Gasteiger partial charge on any atom is -0.344 e. The molecule has 6 heteroatoms. The molecule has 1 unspecified atom stereocenters. The van der Waals surface area contributed by atoms with Crippen LogP contribution in [0.2, 0.25) is 0 Å². The lowest BCUT2D eigenvalue weighted by Gasteiger charge is -2.21. The van der Waals surface area contributed by atoms with Crippen LogP contribution in [0, 0.1) is 12.8 Å². The van der Waals surface area contributed by atoms with E-state index >= 15 is 0 Å². The van der Waals surface area contributed by atoms with Gasteiger partial charge in [0.05, 0.1) is 11.6 Å². The second-order valence-corrected chi connectivity index (χ2v) is 8.33. The number of rotatable bonds is 5. The van der Waals surface area contributed by atoms with Gasteiger partial charge in [0.2, 0.25) is 5.91 Å². The molecular formula is C21H28N4O2. The molecule has 0 saturated heterocycles. The van der Waals surface area contributed by atoms with E-state index in [1.807, 2.05) is 48.9 Å². The Labute approximate surface area is 160 Å². The van der Waals surface area contributed by atoms with Crippen molar-refractivity contribution in [3.05, 3.63) is 47.3 Å². The van der Waals surface area contributed by atoms with Crippen LogP contribution in [-0.2, 0) is 10.3 Å². The van der Waals surface area contributed by atoms with Crippen LogP contribution in [0.4, 0.5) is 5.69 Å². The average Bonchev–Trinajstić information content (AvgIpc) is 3.36. The number of aromatic nitrogens is 2. The zero-order valence-corrected chi connectivity index (χ0v) is 16.7. The average molecular weight is 368 g/mol. The maximum Gasteiger partial charge on any atom is 0.272 e. The number of benzene rings is 1. The molecule has 1 aromatic carbocycles. The third kappa shape index (κ3) is 4.56. The summed E-state index contributed by atoms with van der Waals surface area (Å²) >= 11 is 0. The van der Waals surface area contributed by atoms with Crippen LogP contribution in [0.15, 0.2) is 30.3 Å². The summed E-state index contributed by atoms with van der Waals surface area (Å²) in [6.07, 6.45) is 1.97. The topological polar surface area (TPSA) is 76.0 Å². The van der Waals surface area contributed by atoms with E-state index in [4.69, 9.17) is 0 Å². The van der Waals surface area contributed by atoms with Gasteiger partial charge < -0.3 is 10.6 Å². The number of anilines is 1. The van der Waals surface area contributed by atoms with Crippen LogP contribution >= 0.6 is 0 Å². The standard InChI is InChI=1S/C21H28N4O2/c1-13-12-18(24-25(13)21(3,4)5)20(27)22-14(2)15-8-10-17(11-9-15)23-19(26)16-6-7-16/h8-12,14,16H,6-7H2,1-5H3,(H,22,27)(H,23,26). The summed E-state index contributed by atoms with van der Waals surface area (Å²) < 4.78 is 1.87. The van der Waals surface area contributed by atoms with Crippen LogP contribution in [0.1, 0.15) is 68.3 Å². The number of aryl methyl sites for hydroxylation is 1. The molecule has 1 atom stereocenters. The fourth-order valence-corrected chi connectivity index (χ4v) is 3.06. The van der Waals surface area contributed by atoms with E-state index in [1.165, 1.54) is 0 Å². The third-order valence-corrected chi connectivity index (χ3v) is 4.73. The van der Waals surface area contributed by atoms with Crippen LogP contribution in [-0.4, -0.2) is 21.6 Å². The van der Waals surface area contributed by atoms with Gasteiger partial charge in [0.25, 0.3) is 5.91 Å². The Morgan fingerprint density at radius 2 is 1.81 bits per heavy atom. The van der Waals surface area contributed by atoms with E-state index < -0.39 is 0 Å². The van der Waals surface area contributed by atoms with Crippen LogP contribution in [0.3, 0.4) is 0 Å². The Hall–Kier alpha value is -2.63. The Kier molecular flexibility index (Phi) is 5.09. The van der Waals surface area contributed by atoms with Gasteiger partial charge in [-0.2, -0.15) is 5.10 Å². The quantitative estimate of drug-likeness (QED) is 0.843. The molecule has 1 aliphatic rings. The monoisotopic (exact) mass is 368 g/mol. The van der Waals surface area contributed by atoms with E-state index in [2.05, 4.69) is 36.5 Å². The summed E-state index contributed by atoms with van der Waals surface area (Å²) in [6.45, 7) is 10.1. The van der Waals surface area contributed by atoms with Crippen LogP contribution < -0.4 is 10.6 Å². The van der Waals surface area contributed by atoms with E-state index in [9.17, 15) is 9.59 Å². The smallest absolute Gasteiger partial charge is 0.272 e. The van der Waals surface area contributed by atoms with Crippen molar-refractivity contribution in [3.8, 4) is 0 Å². The molecule has 3 rings (SSSR count). The van der Waals surface area contributed by atoms with Crippen LogP contribution in [0.25, 0.3) is 0 Å². The first-order chi connectivity index (χ1) is 12.6. The van der Waals surface area contributed by atoms with E-state index in [0.717, 1.165) is 29.8 Å². The van der Waals surface area contributed by atoms with Crippen molar-refractivity contribution in [2.75, 3.05) is 5.32 Å². The van der Waals surface area contributed by atoms with Gasteiger partial charge >= 0.3 is 0 Å². The maximum absolute atomic E-state index is 12.6. The van der Waals surface area contributed by atoms with Crippen LogP contribution in [0.5, 0.6) is 0 Å². The lowest BCUT2D eigenvalue weighted by atomic mass is 10.1. The number of nitrogens with zero attached hydrogens (tertiary/aromatic N) is 2. The number of nitrogens with one attached hydrogen (secondary N) is 2. The fourth-order valence-electron chi connectivity index (χ4n) is 3.06. The molecule has 1 aliphatic carbocycles. The van der Waals surface area contributed by atoms with Gasteiger partial charge in [-0.1, -0.05) is 12.1 Å². The summed E-state index contributed by atoms with van der Waals surface area (Å²) in [5, 5.41) is 10.4. The van der Waals surface area contributed by atoms with E-state index in [-0.39, 0.29) is 29.3 Å². The normalized spacial score (nSPS) is 15.3. The third-order valence-electron chi connectivity index (χ3n) is 4.73. The molecule has 144 valence electrons. The zero-order valence-electron chi connectivity index (χ0n) is 16.7. The van der Waals surface area contributed by atoms with Gasteiger partial charge in [0.1, 0.15) is 5.69 Å². The second kappa shape index (κ2) is 7.18. The minimum absolute atomic E-state index is 0.0916. The van der Waals surface area contributed by atoms with Crippen molar-refractivity contribution in [3.63, 3.8) is 0 Å². The van der Waals surface area contributed by atoms with Crippen molar-refractivity contribution < 1.29 is 9.59 Å². The highest BCUT2D eigenvalue weighted by Gasteiger charge is 2.29. The van der Waals surface area contributed by atoms with Crippen molar-refractivity contribution in [2.45, 2.75) is 59.0 Å². The second-order valence-electron chi connectivity index (χ2n) is 8.33. The van der Waals surface area contributed by atoms with Gasteiger partial charge in [0, 0.05) is 17.3 Å². The molecule has 1 fully saturated rings. The Morgan fingerprint density at radius 1 is 1.19 bits per heavy atom. The highest BCUT2D eigenvalue weighted by atomic mass is 16.2. The number of hydrogen-bond acceptors (Lipinski definition) is 3. The van der Waals surface area contributed by atoms with Gasteiger partial charge in [-0.05, 0) is 71.2 Å². The number of carbonyl (C=O) groups excluding carboxylic acids is 2. The summed E-state index contributed by atoms with van der Waals surface area (Å²) in [5.41, 5.74) is 2.96. The van der Waals surface area contributed by atoms with Crippen molar-refractivity contribution in [1.29, 1.82) is 0 Å². The van der Waals surface area contributed by atoms with Gasteiger partial charge in [-0.25, -0.2) is 0 Å². The molecule has 0 spiro atoms. The number of carbonyl (C=O) groups is 2. The molecule has 2 N–H and O–H groups in total. The van der Waals surface area contributed by atoms with E-state index in [0.29, 0.717) is 5.69 Å². The molecule has 0 radical (unpaired) electrons. The molecular weight excluding hydrogens is 340 g/mol. The van der Waals surface area contributed by atoms with Gasteiger partial charge in [0.15, 0.2) is 0 Å². The van der Waals surface area contributed by atoms with Gasteiger partial charge in [-0.15, -0.1) is 0 Å². The Morgan fingerprint density at radius 3 is 2.33 bits per heavy atom. The summed E-state index contributed by atoms with van der Waals surface area (Å²) in [5.74, 6) is 0.0767. The first-order valence-corrected chi connectivity index (χ1v) is 9.44. The first kappa shape index (κ1) is 19.1.